The van der Waals surface area contributed by atoms with Gasteiger partial charge < -0.3 is 9.84 Å². The van der Waals surface area contributed by atoms with Gasteiger partial charge in [-0.25, -0.2) is 4.98 Å². The zero-order valence-corrected chi connectivity index (χ0v) is 9.94. The zero-order chi connectivity index (χ0) is 13.4. The lowest BCUT2D eigenvalue weighted by Crippen LogP contribution is -2.08. The van der Waals surface area contributed by atoms with E-state index < -0.39 is 6.61 Å². The van der Waals surface area contributed by atoms with Gasteiger partial charge in [0.05, 0.1) is 0 Å². The maximum atomic E-state index is 12.1. The van der Waals surface area contributed by atoms with E-state index in [2.05, 4.69) is 9.72 Å². The Kier molecular flexibility index (Phi) is 2.81. The van der Waals surface area contributed by atoms with E-state index in [1.165, 1.54) is 12.3 Å². The molecule has 0 atom stereocenters. The molecule has 0 unspecified atom stereocenters. The van der Waals surface area contributed by atoms with Crippen LogP contribution in [0, 0.1) is 0 Å². The quantitative estimate of drug-likeness (QED) is 0.925. The fourth-order valence-electron chi connectivity index (χ4n) is 2.24. The summed E-state index contributed by atoms with van der Waals surface area (Å²) < 4.78 is 28.6. The Balaban J connectivity index is 2.00. The number of nitrogens with zero attached hydrogens (tertiary/aromatic N) is 1. The first-order valence-electron chi connectivity index (χ1n) is 5.90. The zero-order valence-electron chi connectivity index (χ0n) is 9.94. The average Bonchev–Trinajstić information content (AvgIpc) is 2.31. The maximum Gasteiger partial charge on any atom is 0.388 e. The molecule has 1 aliphatic rings. The van der Waals surface area contributed by atoms with Crippen molar-refractivity contribution in [2.24, 2.45) is 0 Å². The molecule has 2 aromatic rings. The van der Waals surface area contributed by atoms with Crippen molar-refractivity contribution < 1.29 is 18.6 Å². The molecular weight excluding hydrogens is 252 g/mol. The second kappa shape index (κ2) is 4.50. The van der Waals surface area contributed by atoms with Gasteiger partial charge in [-0.1, -0.05) is 12.1 Å². The number of ether oxygens (including phenoxy) is 1. The number of pyridine rings is 1. The average molecular weight is 263 g/mol. The van der Waals surface area contributed by atoms with Crippen LogP contribution < -0.4 is 4.74 Å². The Morgan fingerprint density at radius 3 is 2.74 bits per heavy atom. The second-order valence-electron chi connectivity index (χ2n) is 4.36. The van der Waals surface area contributed by atoms with Crippen LogP contribution in [0.3, 0.4) is 0 Å². The van der Waals surface area contributed by atoms with Crippen LogP contribution in [0.2, 0.25) is 0 Å². The molecule has 0 amide bonds. The van der Waals surface area contributed by atoms with Crippen LogP contribution in [-0.4, -0.2) is 16.7 Å². The molecule has 1 aromatic heterocycles. The summed E-state index contributed by atoms with van der Waals surface area (Å²) in [6.45, 7) is -2.91. The Hall–Kier alpha value is -2.17. The molecule has 0 spiro atoms. The number of benzene rings is 1. The fraction of sp³-hybridized carbons (Fsp3) is 0.214. The van der Waals surface area contributed by atoms with Crippen LogP contribution in [0.5, 0.6) is 11.6 Å². The fourth-order valence-corrected chi connectivity index (χ4v) is 2.24. The molecule has 3 rings (SSSR count). The van der Waals surface area contributed by atoms with E-state index >= 15 is 0 Å². The maximum absolute atomic E-state index is 12.1. The third kappa shape index (κ3) is 2.12. The van der Waals surface area contributed by atoms with Gasteiger partial charge in [0.15, 0.2) is 0 Å². The molecular formula is C14H11F2NO2. The lowest BCUT2D eigenvalue weighted by atomic mass is 9.85. The van der Waals surface area contributed by atoms with Gasteiger partial charge in [-0.15, -0.1) is 0 Å². The van der Waals surface area contributed by atoms with E-state index in [9.17, 15) is 13.9 Å². The third-order valence-electron chi connectivity index (χ3n) is 3.28. The van der Waals surface area contributed by atoms with E-state index in [4.69, 9.17) is 0 Å². The van der Waals surface area contributed by atoms with Crippen LogP contribution in [0.1, 0.15) is 11.1 Å². The first kappa shape index (κ1) is 11.9. The van der Waals surface area contributed by atoms with E-state index in [0.29, 0.717) is 11.1 Å². The smallest absolute Gasteiger partial charge is 0.388 e. The molecule has 19 heavy (non-hydrogen) atoms. The summed E-state index contributed by atoms with van der Waals surface area (Å²) in [4.78, 5) is 3.70. The highest BCUT2D eigenvalue weighted by molar-refractivity contribution is 5.74. The third-order valence-corrected chi connectivity index (χ3v) is 3.28. The molecule has 1 heterocycles. The number of fused-ring (bicyclic) bond motifs is 1. The van der Waals surface area contributed by atoms with Crippen molar-refractivity contribution in [1.29, 1.82) is 0 Å². The number of aryl methyl sites for hydroxylation is 1. The standard InChI is InChI=1S/C14H11F2NO2/c15-14(16)19-12-7-9(5-6-17-12)11-4-2-8-1-3-10(8)13(11)18/h2,4-7,14,18H,1,3H2. The van der Waals surface area contributed by atoms with Crippen molar-refractivity contribution in [2.45, 2.75) is 19.5 Å². The van der Waals surface area contributed by atoms with E-state index in [-0.39, 0.29) is 11.6 Å². The van der Waals surface area contributed by atoms with Crippen LogP contribution in [0.25, 0.3) is 11.1 Å². The number of hydrogen-bond donors (Lipinski definition) is 1. The van der Waals surface area contributed by atoms with Crippen molar-refractivity contribution in [3.8, 4) is 22.8 Å². The van der Waals surface area contributed by atoms with Gasteiger partial charge in [-0.2, -0.15) is 8.78 Å². The lowest BCUT2D eigenvalue weighted by Gasteiger charge is -2.21. The van der Waals surface area contributed by atoms with Crippen molar-refractivity contribution in [3.63, 3.8) is 0 Å². The molecule has 0 bridgehead atoms. The number of hydrogen-bond acceptors (Lipinski definition) is 3. The molecule has 0 radical (unpaired) electrons. The summed E-state index contributed by atoms with van der Waals surface area (Å²) in [5, 5.41) is 10.1. The van der Waals surface area contributed by atoms with Crippen molar-refractivity contribution in [1.82, 2.24) is 4.98 Å². The largest absolute Gasteiger partial charge is 0.507 e. The summed E-state index contributed by atoms with van der Waals surface area (Å²) >= 11 is 0. The highest BCUT2D eigenvalue weighted by atomic mass is 19.3. The van der Waals surface area contributed by atoms with Crippen molar-refractivity contribution >= 4 is 0 Å². The summed E-state index contributed by atoms with van der Waals surface area (Å²) in [5.41, 5.74) is 3.29. The molecule has 0 saturated carbocycles. The Morgan fingerprint density at radius 2 is 2.05 bits per heavy atom. The normalized spacial score (nSPS) is 13.0. The molecule has 1 N–H and O–H groups in total. The van der Waals surface area contributed by atoms with E-state index in [0.717, 1.165) is 24.0 Å². The molecule has 98 valence electrons. The van der Waals surface area contributed by atoms with Gasteiger partial charge in [0.25, 0.3) is 0 Å². The molecule has 0 saturated heterocycles. The predicted octanol–water partition coefficient (Wildman–Crippen LogP) is 3.15. The summed E-state index contributed by atoms with van der Waals surface area (Å²) in [7, 11) is 0. The summed E-state index contributed by atoms with van der Waals surface area (Å²) in [5.74, 6) is 0.0625. The molecule has 1 aliphatic carbocycles. The number of phenolic OH excluding ortho intramolecular Hbond substituents is 1. The van der Waals surface area contributed by atoms with Crippen LogP contribution in [0.4, 0.5) is 8.78 Å². The van der Waals surface area contributed by atoms with Gasteiger partial charge in [0.2, 0.25) is 5.88 Å². The monoisotopic (exact) mass is 263 g/mol. The molecule has 5 heteroatoms. The molecule has 0 aliphatic heterocycles. The van der Waals surface area contributed by atoms with Gasteiger partial charge in [0, 0.05) is 17.8 Å². The first-order chi connectivity index (χ1) is 9.15. The number of phenols is 1. The van der Waals surface area contributed by atoms with E-state index in [1.54, 1.807) is 12.1 Å². The topological polar surface area (TPSA) is 42.4 Å². The number of alkyl halides is 2. The van der Waals surface area contributed by atoms with Crippen molar-refractivity contribution in [3.05, 3.63) is 41.6 Å². The Morgan fingerprint density at radius 1 is 1.21 bits per heavy atom. The summed E-state index contributed by atoms with van der Waals surface area (Å²) in [6.07, 6.45) is 3.20. The molecule has 3 nitrogen and oxygen atoms in total. The highest BCUT2D eigenvalue weighted by Crippen LogP contribution is 2.39. The minimum absolute atomic E-state index is 0.158. The minimum Gasteiger partial charge on any atom is -0.507 e. The van der Waals surface area contributed by atoms with Crippen LogP contribution in [0.15, 0.2) is 30.5 Å². The first-order valence-corrected chi connectivity index (χ1v) is 5.90. The number of rotatable bonds is 3. The Labute approximate surface area is 108 Å². The second-order valence-corrected chi connectivity index (χ2v) is 4.36. The van der Waals surface area contributed by atoms with Crippen LogP contribution >= 0.6 is 0 Å². The van der Waals surface area contributed by atoms with Crippen molar-refractivity contribution in [2.75, 3.05) is 0 Å². The van der Waals surface area contributed by atoms with E-state index in [1.807, 2.05) is 6.07 Å². The highest BCUT2D eigenvalue weighted by Gasteiger charge is 2.20. The van der Waals surface area contributed by atoms with Gasteiger partial charge >= 0.3 is 6.61 Å². The number of aromatic hydroxyl groups is 1. The molecule has 1 aromatic carbocycles. The number of aromatic nitrogens is 1. The van der Waals surface area contributed by atoms with Gasteiger partial charge in [-0.05, 0) is 35.6 Å². The minimum atomic E-state index is -2.91. The number of halogens is 2. The predicted molar refractivity (Wildman–Crippen MR) is 65.4 cm³/mol. The SMILES string of the molecule is Oc1c(-c2ccnc(OC(F)F)c2)ccc2c1CC2. The van der Waals surface area contributed by atoms with Gasteiger partial charge in [-0.3, -0.25) is 0 Å². The Bertz CT molecular complexity index is 629. The van der Waals surface area contributed by atoms with Gasteiger partial charge in [0.1, 0.15) is 5.75 Å². The summed E-state index contributed by atoms with van der Waals surface area (Å²) in [6, 6.07) is 6.78. The molecule has 0 fully saturated rings. The van der Waals surface area contributed by atoms with Crippen LogP contribution in [-0.2, 0) is 12.8 Å². The lowest BCUT2D eigenvalue weighted by molar-refractivity contribution is -0.0528.